The zero-order valence-electron chi connectivity index (χ0n) is 21.6. The SMILES string of the molecule is C=Cc1nn(C2CCCCO2)c2c(C)nc(-c3c(C)nn(C)c3O[C@@H](C)CN(C)C(=O)C(F)(F)F)cc12. The number of carbonyl (C=O) groups excluding carboxylic acids is 1. The molecule has 1 aliphatic rings. The van der Waals surface area contributed by atoms with Crippen LogP contribution in [0.1, 0.15) is 49.5 Å². The van der Waals surface area contributed by atoms with Gasteiger partial charge in [-0.1, -0.05) is 6.58 Å². The van der Waals surface area contributed by atoms with Crippen LogP contribution < -0.4 is 4.74 Å². The largest absolute Gasteiger partial charge is 0.472 e. The Kier molecular flexibility index (Phi) is 7.31. The number of amides is 1. The second kappa shape index (κ2) is 10.2. The quantitative estimate of drug-likeness (QED) is 0.453. The molecule has 9 nitrogen and oxygen atoms in total. The molecule has 1 unspecified atom stereocenters. The van der Waals surface area contributed by atoms with Gasteiger partial charge in [0.2, 0.25) is 5.88 Å². The molecule has 1 amide bonds. The monoisotopic (exact) mass is 520 g/mol. The van der Waals surface area contributed by atoms with E-state index >= 15 is 0 Å². The number of rotatable bonds is 7. The van der Waals surface area contributed by atoms with Gasteiger partial charge in [-0.2, -0.15) is 23.4 Å². The third-order valence-corrected chi connectivity index (χ3v) is 6.37. The number of likely N-dealkylation sites (N-methyl/N-ethyl adjacent to an activating group) is 1. The first-order valence-corrected chi connectivity index (χ1v) is 12.1. The van der Waals surface area contributed by atoms with Gasteiger partial charge in [-0.25, -0.2) is 9.36 Å². The maximum Gasteiger partial charge on any atom is 0.471 e. The number of alkyl halides is 3. The summed E-state index contributed by atoms with van der Waals surface area (Å²) < 4.78 is 53.8. The molecule has 0 radical (unpaired) electrons. The number of ether oxygens (including phenoxy) is 2. The second-order valence-corrected chi connectivity index (χ2v) is 9.35. The van der Waals surface area contributed by atoms with Crippen molar-refractivity contribution in [3.8, 4) is 17.1 Å². The molecular weight excluding hydrogens is 489 g/mol. The number of aryl methyl sites for hydroxylation is 3. The van der Waals surface area contributed by atoms with E-state index in [2.05, 4.69) is 11.7 Å². The van der Waals surface area contributed by atoms with Gasteiger partial charge in [0.1, 0.15) is 6.10 Å². The van der Waals surface area contributed by atoms with Crippen LogP contribution in [0.3, 0.4) is 0 Å². The molecule has 0 spiro atoms. The molecule has 0 N–H and O–H groups in total. The Morgan fingerprint density at radius 3 is 2.68 bits per heavy atom. The molecule has 3 aromatic heterocycles. The summed E-state index contributed by atoms with van der Waals surface area (Å²) in [6.45, 7) is 9.63. The zero-order valence-corrected chi connectivity index (χ0v) is 21.6. The lowest BCUT2D eigenvalue weighted by Crippen LogP contribution is -2.43. The summed E-state index contributed by atoms with van der Waals surface area (Å²) in [6.07, 6.45) is -1.25. The highest BCUT2D eigenvalue weighted by Crippen LogP contribution is 2.37. The Morgan fingerprint density at radius 2 is 2.05 bits per heavy atom. The first-order chi connectivity index (χ1) is 17.4. The number of pyridine rings is 1. The molecule has 37 heavy (non-hydrogen) atoms. The number of aromatic nitrogens is 5. The zero-order chi connectivity index (χ0) is 27.1. The van der Waals surface area contributed by atoms with Crippen LogP contribution in [0.15, 0.2) is 12.6 Å². The summed E-state index contributed by atoms with van der Waals surface area (Å²) in [5.74, 6) is -1.59. The predicted octanol–water partition coefficient (Wildman–Crippen LogP) is 4.58. The molecular formula is C25H31F3N6O3. The van der Waals surface area contributed by atoms with Crippen LogP contribution in [0.2, 0.25) is 0 Å². The maximum absolute atomic E-state index is 12.8. The minimum absolute atomic E-state index is 0.174. The van der Waals surface area contributed by atoms with E-state index in [1.54, 1.807) is 27.0 Å². The Bertz CT molecular complexity index is 1320. The van der Waals surface area contributed by atoms with Gasteiger partial charge >= 0.3 is 12.1 Å². The number of carbonyl (C=O) groups is 1. The second-order valence-electron chi connectivity index (χ2n) is 9.35. The van der Waals surface area contributed by atoms with Gasteiger partial charge < -0.3 is 14.4 Å². The summed E-state index contributed by atoms with van der Waals surface area (Å²) >= 11 is 0. The summed E-state index contributed by atoms with van der Waals surface area (Å²) in [4.78, 5) is 17.0. The Balaban J connectivity index is 1.71. The van der Waals surface area contributed by atoms with E-state index in [4.69, 9.17) is 19.6 Å². The van der Waals surface area contributed by atoms with Gasteiger partial charge in [0.05, 0.1) is 40.4 Å². The Morgan fingerprint density at radius 1 is 1.32 bits per heavy atom. The van der Waals surface area contributed by atoms with Crippen LogP contribution in [0.4, 0.5) is 13.2 Å². The average molecular weight is 521 g/mol. The highest BCUT2D eigenvalue weighted by molar-refractivity contribution is 5.92. The lowest BCUT2D eigenvalue weighted by molar-refractivity contribution is -0.184. The highest BCUT2D eigenvalue weighted by Gasteiger charge is 2.41. The van der Waals surface area contributed by atoms with E-state index in [1.807, 2.05) is 17.7 Å². The van der Waals surface area contributed by atoms with Gasteiger partial charge in [0, 0.05) is 26.1 Å². The van der Waals surface area contributed by atoms with E-state index in [-0.39, 0.29) is 12.8 Å². The van der Waals surface area contributed by atoms with E-state index < -0.39 is 18.2 Å². The first-order valence-electron chi connectivity index (χ1n) is 12.1. The van der Waals surface area contributed by atoms with Crippen LogP contribution >= 0.6 is 0 Å². The number of nitrogens with zero attached hydrogens (tertiary/aromatic N) is 6. The lowest BCUT2D eigenvalue weighted by Gasteiger charge is -2.24. The molecule has 3 aromatic rings. The standard InChI is InChI=1S/C25H31F3N6O3/c1-7-18-17-12-19(29-16(4)22(17)34(31-18)20-10-8-9-11-36-20)21-15(3)30-33(6)23(21)37-14(2)13-32(5)24(35)25(26,27)28/h7,12,14,20H,1,8-11,13H2,2-6H3/t14-,20?/m0/s1. The molecule has 0 bridgehead atoms. The number of hydrogen-bond donors (Lipinski definition) is 0. The van der Waals surface area contributed by atoms with Crippen molar-refractivity contribution in [2.75, 3.05) is 20.2 Å². The van der Waals surface area contributed by atoms with Gasteiger partial charge in [0.25, 0.3) is 0 Å². The Labute approximate surface area is 212 Å². The topological polar surface area (TPSA) is 87.3 Å². The molecule has 4 rings (SSSR count). The molecule has 1 fully saturated rings. The van der Waals surface area contributed by atoms with Crippen LogP contribution in [-0.2, 0) is 16.6 Å². The van der Waals surface area contributed by atoms with Crippen LogP contribution in [0.25, 0.3) is 28.2 Å². The molecule has 0 saturated carbocycles. The van der Waals surface area contributed by atoms with Gasteiger partial charge in [-0.3, -0.25) is 9.78 Å². The van der Waals surface area contributed by atoms with Gasteiger partial charge in [-0.05, 0) is 52.2 Å². The third-order valence-electron chi connectivity index (χ3n) is 6.37. The normalized spacial score (nSPS) is 17.1. The summed E-state index contributed by atoms with van der Waals surface area (Å²) in [5, 5.41) is 10.1. The fraction of sp³-hybridized carbons (Fsp3) is 0.520. The summed E-state index contributed by atoms with van der Waals surface area (Å²) in [6, 6.07) is 1.90. The summed E-state index contributed by atoms with van der Waals surface area (Å²) in [5.41, 5.74) is 4.13. The lowest BCUT2D eigenvalue weighted by atomic mass is 10.1. The van der Waals surface area contributed by atoms with Crippen LogP contribution in [0.5, 0.6) is 5.88 Å². The third kappa shape index (κ3) is 5.20. The maximum atomic E-state index is 12.8. The first kappa shape index (κ1) is 26.6. The van der Waals surface area contributed by atoms with Crippen molar-refractivity contribution in [2.45, 2.75) is 58.5 Å². The van der Waals surface area contributed by atoms with Crippen molar-refractivity contribution in [2.24, 2.45) is 7.05 Å². The molecule has 200 valence electrons. The number of hydrogen-bond acceptors (Lipinski definition) is 6. The molecule has 0 aliphatic carbocycles. The molecule has 1 aliphatic heterocycles. The van der Waals surface area contributed by atoms with Crippen LogP contribution in [0, 0.1) is 13.8 Å². The smallest absolute Gasteiger partial charge is 0.471 e. The number of halogens is 3. The van der Waals surface area contributed by atoms with Crippen molar-refractivity contribution in [3.63, 3.8) is 0 Å². The Hall–Kier alpha value is -3.41. The van der Waals surface area contributed by atoms with Crippen molar-refractivity contribution in [1.82, 2.24) is 29.4 Å². The van der Waals surface area contributed by atoms with Crippen molar-refractivity contribution < 1.29 is 27.4 Å². The average Bonchev–Trinajstić information content (AvgIpc) is 3.35. The molecule has 12 heteroatoms. The molecule has 4 heterocycles. The van der Waals surface area contributed by atoms with Crippen molar-refractivity contribution >= 4 is 22.9 Å². The summed E-state index contributed by atoms with van der Waals surface area (Å²) in [7, 11) is 2.77. The highest BCUT2D eigenvalue weighted by atomic mass is 19.4. The van der Waals surface area contributed by atoms with Gasteiger partial charge in [0.15, 0.2) is 6.23 Å². The minimum Gasteiger partial charge on any atom is -0.472 e. The molecule has 1 saturated heterocycles. The minimum atomic E-state index is -4.95. The van der Waals surface area contributed by atoms with E-state index in [0.29, 0.717) is 40.0 Å². The molecule has 2 atom stereocenters. The van der Waals surface area contributed by atoms with Crippen molar-refractivity contribution in [1.29, 1.82) is 0 Å². The van der Waals surface area contributed by atoms with Crippen molar-refractivity contribution in [3.05, 3.63) is 29.7 Å². The van der Waals surface area contributed by atoms with Gasteiger partial charge in [-0.15, -0.1) is 0 Å². The van der Waals surface area contributed by atoms with E-state index in [9.17, 15) is 18.0 Å². The predicted molar refractivity (Wildman–Crippen MR) is 132 cm³/mol. The van der Waals surface area contributed by atoms with E-state index in [0.717, 1.165) is 42.9 Å². The molecule has 0 aromatic carbocycles. The number of fused-ring (bicyclic) bond motifs is 1. The van der Waals surface area contributed by atoms with E-state index in [1.165, 1.54) is 4.68 Å². The fourth-order valence-electron chi connectivity index (χ4n) is 4.75. The van der Waals surface area contributed by atoms with Crippen LogP contribution in [-0.4, -0.2) is 67.8 Å². The fourth-order valence-corrected chi connectivity index (χ4v) is 4.75.